The number of nitrogens with zero attached hydrogens (tertiary/aromatic N) is 2. The molecule has 142 valence electrons. The van der Waals surface area contributed by atoms with E-state index in [1.54, 1.807) is 9.13 Å². The highest BCUT2D eigenvalue weighted by Gasteiger charge is 2.22. The summed E-state index contributed by atoms with van der Waals surface area (Å²) in [5.41, 5.74) is 2.39. The largest absolute Gasteiger partial charge is 0.481 e. The van der Waals surface area contributed by atoms with Crippen molar-refractivity contribution in [3.63, 3.8) is 0 Å². The Labute approximate surface area is 173 Å². The Balaban J connectivity index is 2.15. The summed E-state index contributed by atoms with van der Waals surface area (Å²) in [6, 6.07) is 13.1. The number of hydrogen-bond acceptors (Lipinski definition) is 2. The van der Waals surface area contributed by atoms with Crippen molar-refractivity contribution in [1.82, 2.24) is 9.13 Å². The summed E-state index contributed by atoms with van der Waals surface area (Å²) in [4.78, 5) is 24.6. The Morgan fingerprint density at radius 3 is 2.33 bits per heavy atom. The van der Waals surface area contributed by atoms with Gasteiger partial charge in [-0.1, -0.05) is 57.3 Å². The van der Waals surface area contributed by atoms with Crippen molar-refractivity contribution < 1.29 is 9.90 Å². The van der Waals surface area contributed by atoms with Gasteiger partial charge >= 0.3 is 11.7 Å². The zero-order chi connectivity index (χ0) is 19.6. The van der Waals surface area contributed by atoms with E-state index in [2.05, 4.69) is 31.9 Å². The number of hydrogen-bond donors (Lipinski definition) is 1. The van der Waals surface area contributed by atoms with E-state index < -0.39 is 5.97 Å². The fraction of sp³-hybridized carbons (Fsp3) is 0.300. The molecular weight excluding hydrogens is 476 g/mol. The van der Waals surface area contributed by atoms with E-state index in [1.807, 2.05) is 49.4 Å². The van der Waals surface area contributed by atoms with E-state index in [4.69, 9.17) is 0 Å². The van der Waals surface area contributed by atoms with Crippen molar-refractivity contribution in [3.8, 4) is 0 Å². The van der Waals surface area contributed by atoms with Gasteiger partial charge in [0.15, 0.2) is 0 Å². The molecule has 27 heavy (non-hydrogen) atoms. The number of carboxylic acid groups (broad SMARTS) is 1. The lowest BCUT2D eigenvalue weighted by molar-refractivity contribution is -0.137. The normalized spacial score (nSPS) is 12.4. The van der Waals surface area contributed by atoms with Crippen LogP contribution in [0.4, 0.5) is 0 Å². The number of benzene rings is 2. The van der Waals surface area contributed by atoms with Gasteiger partial charge in [0.05, 0.1) is 24.0 Å². The second-order valence-corrected chi connectivity index (χ2v) is 8.38. The molecule has 0 aliphatic carbocycles. The smallest absolute Gasteiger partial charge is 0.329 e. The van der Waals surface area contributed by atoms with Crippen LogP contribution >= 0.6 is 31.9 Å². The van der Waals surface area contributed by atoms with Crippen molar-refractivity contribution in [1.29, 1.82) is 0 Å². The molecule has 1 heterocycles. The van der Waals surface area contributed by atoms with Crippen LogP contribution in [0, 0.1) is 0 Å². The first-order valence-corrected chi connectivity index (χ1v) is 10.4. The molecule has 3 rings (SSSR count). The lowest BCUT2D eigenvalue weighted by Crippen LogP contribution is -2.29. The number of aromatic nitrogens is 2. The van der Waals surface area contributed by atoms with E-state index in [0.29, 0.717) is 13.0 Å². The fourth-order valence-corrected chi connectivity index (χ4v) is 4.87. The van der Waals surface area contributed by atoms with E-state index in [-0.39, 0.29) is 18.2 Å². The minimum Gasteiger partial charge on any atom is -0.481 e. The van der Waals surface area contributed by atoms with E-state index in [0.717, 1.165) is 32.0 Å². The van der Waals surface area contributed by atoms with Crippen LogP contribution in [-0.2, 0) is 11.3 Å². The molecular formula is C20H20Br2N2O3. The van der Waals surface area contributed by atoms with Gasteiger partial charge in [0.2, 0.25) is 0 Å². The summed E-state index contributed by atoms with van der Waals surface area (Å²) < 4.78 is 5.23. The lowest BCUT2D eigenvalue weighted by atomic mass is 10.1. The first-order valence-electron chi connectivity index (χ1n) is 8.77. The number of carboxylic acids is 1. The van der Waals surface area contributed by atoms with Crippen LogP contribution in [0.5, 0.6) is 0 Å². The summed E-state index contributed by atoms with van der Waals surface area (Å²) >= 11 is 6.97. The summed E-state index contributed by atoms with van der Waals surface area (Å²) in [6.07, 6.45) is 1.38. The molecule has 0 amide bonds. The van der Waals surface area contributed by atoms with Crippen molar-refractivity contribution in [3.05, 3.63) is 67.5 Å². The second kappa shape index (κ2) is 8.44. The molecule has 1 aromatic heterocycles. The fourth-order valence-electron chi connectivity index (χ4n) is 3.48. The summed E-state index contributed by atoms with van der Waals surface area (Å²) in [6.45, 7) is 2.41. The molecule has 5 nitrogen and oxygen atoms in total. The summed E-state index contributed by atoms with van der Waals surface area (Å²) in [7, 11) is 0. The molecule has 1 unspecified atom stereocenters. The van der Waals surface area contributed by atoms with Gasteiger partial charge in [-0.2, -0.15) is 0 Å². The highest BCUT2D eigenvalue weighted by atomic mass is 79.9. The van der Waals surface area contributed by atoms with Crippen molar-refractivity contribution in [2.24, 2.45) is 0 Å². The highest BCUT2D eigenvalue weighted by molar-refractivity contribution is 9.11. The molecule has 0 spiro atoms. The maximum Gasteiger partial charge on any atom is 0.329 e. The van der Waals surface area contributed by atoms with Gasteiger partial charge in [-0.05, 0) is 42.3 Å². The van der Waals surface area contributed by atoms with Crippen LogP contribution in [0.1, 0.15) is 37.8 Å². The van der Waals surface area contributed by atoms with E-state index >= 15 is 0 Å². The van der Waals surface area contributed by atoms with Gasteiger partial charge in [0.1, 0.15) is 0 Å². The van der Waals surface area contributed by atoms with Gasteiger partial charge < -0.3 is 5.11 Å². The zero-order valence-corrected chi connectivity index (χ0v) is 18.0. The van der Waals surface area contributed by atoms with Crippen molar-refractivity contribution >= 4 is 48.9 Å². The molecule has 0 aliphatic rings. The molecule has 1 N–H and O–H groups in total. The van der Waals surface area contributed by atoms with Gasteiger partial charge in [-0.25, -0.2) is 4.79 Å². The lowest BCUT2D eigenvalue weighted by Gasteiger charge is -2.16. The SMILES string of the molecule is CCCC(CC(=O)O)n1c(=O)n(Cc2cc(Br)cc(Br)c2)c2ccccc21. The van der Waals surface area contributed by atoms with Crippen LogP contribution in [0.15, 0.2) is 56.2 Å². The molecule has 3 aromatic rings. The molecule has 1 atom stereocenters. The summed E-state index contributed by atoms with van der Waals surface area (Å²) in [5.74, 6) is -0.895. The van der Waals surface area contributed by atoms with Crippen LogP contribution in [0.25, 0.3) is 11.0 Å². The van der Waals surface area contributed by atoms with Gasteiger partial charge in [-0.15, -0.1) is 0 Å². The maximum atomic E-state index is 13.3. The van der Waals surface area contributed by atoms with Crippen molar-refractivity contribution in [2.45, 2.75) is 38.8 Å². The average Bonchev–Trinajstić information content (AvgIpc) is 2.85. The van der Waals surface area contributed by atoms with Gasteiger partial charge in [-0.3, -0.25) is 13.9 Å². The van der Waals surface area contributed by atoms with Crippen molar-refractivity contribution in [2.75, 3.05) is 0 Å². The molecule has 0 fully saturated rings. The van der Waals surface area contributed by atoms with Crippen LogP contribution in [0.3, 0.4) is 0 Å². The number of fused-ring (bicyclic) bond motifs is 1. The molecule has 0 saturated heterocycles. The second-order valence-electron chi connectivity index (χ2n) is 6.55. The predicted octanol–water partition coefficient (Wildman–Crippen LogP) is 5.19. The monoisotopic (exact) mass is 494 g/mol. The molecule has 0 aliphatic heterocycles. The van der Waals surface area contributed by atoms with Gasteiger partial charge in [0.25, 0.3) is 0 Å². The van der Waals surface area contributed by atoms with Crippen LogP contribution < -0.4 is 5.69 Å². The third-order valence-corrected chi connectivity index (χ3v) is 5.45. The zero-order valence-electron chi connectivity index (χ0n) is 14.9. The Hall–Kier alpha value is -1.86. The topological polar surface area (TPSA) is 64.2 Å². The Morgan fingerprint density at radius 1 is 1.11 bits per heavy atom. The average molecular weight is 496 g/mol. The highest BCUT2D eigenvalue weighted by Crippen LogP contribution is 2.25. The number of imidazole rings is 1. The maximum absolute atomic E-state index is 13.3. The number of carbonyl (C=O) groups is 1. The van der Waals surface area contributed by atoms with E-state index in [1.165, 1.54) is 0 Å². The van der Waals surface area contributed by atoms with Crippen LogP contribution in [-0.4, -0.2) is 20.2 Å². The third kappa shape index (κ3) is 4.35. The number of rotatable bonds is 7. The predicted molar refractivity (Wildman–Crippen MR) is 113 cm³/mol. The standard InChI is InChI=1S/C20H20Br2N2O3/c1-2-5-16(11-19(25)26)24-18-7-4-3-6-17(18)23(20(24)27)12-13-8-14(21)10-15(22)9-13/h3-4,6-10,16H,2,5,11-12H2,1H3,(H,25,26). The minimum atomic E-state index is -0.895. The first kappa shape index (κ1) is 19.9. The Morgan fingerprint density at radius 2 is 1.74 bits per heavy atom. The number of aliphatic carboxylic acids is 1. The van der Waals surface area contributed by atoms with Gasteiger partial charge in [0, 0.05) is 15.0 Å². The Bertz CT molecular complexity index is 1020. The summed E-state index contributed by atoms with van der Waals surface area (Å²) in [5, 5.41) is 9.31. The molecule has 0 bridgehead atoms. The third-order valence-electron chi connectivity index (χ3n) is 4.53. The molecule has 7 heteroatoms. The number of para-hydroxylation sites is 2. The Kier molecular flexibility index (Phi) is 6.22. The number of halogens is 2. The van der Waals surface area contributed by atoms with Crippen LogP contribution in [0.2, 0.25) is 0 Å². The minimum absolute atomic E-state index is 0.0653. The molecule has 0 saturated carbocycles. The first-order chi connectivity index (χ1) is 12.9. The quantitative estimate of drug-likeness (QED) is 0.490. The molecule has 0 radical (unpaired) electrons. The van der Waals surface area contributed by atoms with E-state index in [9.17, 15) is 14.7 Å². The molecule has 2 aromatic carbocycles.